The Kier molecular flexibility index (Phi) is 6.78. The number of nitrogens with zero attached hydrogens (tertiary/aromatic N) is 1. The zero-order valence-electron chi connectivity index (χ0n) is 20.0. The summed E-state index contributed by atoms with van der Waals surface area (Å²) in [5, 5.41) is 21.1. The number of carbonyl (C=O) groups excluding carboxylic acids is 3. The molecule has 36 heavy (non-hydrogen) atoms. The molecule has 184 valence electrons. The van der Waals surface area contributed by atoms with Crippen molar-refractivity contribution in [3.8, 4) is 11.5 Å². The summed E-state index contributed by atoms with van der Waals surface area (Å²) < 4.78 is 10.2. The Hall–Kier alpha value is -4.59. The summed E-state index contributed by atoms with van der Waals surface area (Å²) >= 11 is 0. The van der Waals surface area contributed by atoms with Gasteiger partial charge in [-0.1, -0.05) is 12.1 Å². The number of aliphatic hydroxyl groups is 1. The van der Waals surface area contributed by atoms with Crippen molar-refractivity contribution in [2.75, 3.05) is 18.6 Å². The molecule has 1 fully saturated rings. The van der Waals surface area contributed by atoms with E-state index in [2.05, 4.69) is 0 Å². The lowest BCUT2D eigenvalue weighted by Gasteiger charge is -2.25. The molecule has 1 aliphatic rings. The maximum Gasteiger partial charge on any atom is 0.338 e. The SMILES string of the molecule is CCOC(=O)c1ccc(N2C(=O)C(=O)/C(=C(\O)c3ccc(OC)cc3C)C2c2ccc(O)cc2)cc1. The topological polar surface area (TPSA) is 113 Å². The fraction of sp³-hybridized carbons (Fsp3) is 0.179. The molecule has 8 heteroatoms. The molecular formula is C28H25NO7. The predicted molar refractivity (Wildman–Crippen MR) is 133 cm³/mol. The van der Waals surface area contributed by atoms with Crippen LogP contribution in [0.5, 0.6) is 11.5 Å². The van der Waals surface area contributed by atoms with E-state index in [0.717, 1.165) is 0 Å². The van der Waals surface area contributed by atoms with E-state index in [1.54, 1.807) is 56.3 Å². The largest absolute Gasteiger partial charge is 0.508 e. The molecule has 3 aromatic rings. The molecule has 1 unspecified atom stereocenters. The van der Waals surface area contributed by atoms with Crippen LogP contribution in [0.4, 0.5) is 5.69 Å². The molecule has 0 bridgehead atoms. The molecular weight excluding hydrogens is 462 g/mol. The Balaban J connectivity index is 1.87. The van der Waals surface area contributed by atoms with Crippen LogP contribution in [0.3, 0.4) is 0 Å². The normalized spacial score (nSPS) is 16.8. The van der Waals surface area contributed by atoms with Gasteiger partial charge in [-0.05, 0) is 79.6 Å². The van der Waals surface area contributed by atoms with Gasteiger partial charge >= 0.3 is 5.97 Å². The van der Waals surface area contributed by atoms with Gasteiger partial charge in [-0.25, -0.2) is 4.79 Å². The van der Waals surface area contributed by atoms with Crippen LogP contribution < -0.4 is 9.64 Å². The first-order valence-electron chi connectivity index (χ1n) is 11.3. The standard InChI is InChI=1S/C28H25NO7/c1-4-36-28(34)18-5-9-19(10-6-18)29-24(17-7-11-20(30)12-8-17)23(26(32)27(29)33)25(31)22-14-13-21(35-3)15-16(22)2/h5-15,24,30-31H,4H2,1-3H3/b25-23-. The zero-order chi connectivity index (χ0) is 26.0. The van der Waals surface area contributed by atoms with Crippen LogP contribution in [0.25, 0.3) is 5.76 Å². The minimum absolute atomic E-state index is 0.0143. The second kappa shape index (κ2) is 9.95. The molecule has 1 saturated heterocycles. The first-order chi connectivity index (χ1) is 17.3. The Morgan fingerprint density at radius 3 is 2.25 bits per heavy atom. The van der Waals surface area contributed by atoms with E-state index in [0.29, 0.717) is 33.7 Å². The van der Waals surface area contributed by atoms with Crippen LogP contribution in [0.1, 0.15) is 40.0 Å². The Morgan fingerprint density at radius 1 is 1.00 bits per heavy atom. The fourth-order valence-corrected chi connectivity index (χ4v) is 4.22. The number of benzene rings is 3. The molecule has 1 atom stereocenters. The lowest BCUT2D eigenvalue weighted by atomic mass is 9.93. The molecule has 0 saturated carbocycles. The number of aryl methyl sites for hydroxylation is 1. The Labute approximate surface area is 208 Å². The lowest BCUT2D eigenvalue weighted by Crippen LogP contribution is -2.29. The smallest absolute Gasteiger partial charge is 0.338 e. The average molecular weight is 488 g/mol. The molecule has 0 radical (unpaired) electrons. The van der Waals surface area contributed by atoms with Crippen LogP contribution in [0, 0.1) is 6.92 Å². The van der Waals surface area contributed by atoms with Gasteiger partial charge in [0.1, 0.15) is 17.3 Å². The number of aromatic hydroxyl groups is 1. The molecule has 8 nitrogen and oxygen atoms in total. The Morgan fingerprint density at radius 2 is 1.67 bits per heavy atom. The van der Waals surface area contributed by atoms with Gasteiger partial charge in [0, 0.05) is 11.3 Å². The van der Waals surface area contributed by atoms with Crippen LogP contribution in [0.15, 0.2) is 72.3 Å². The number of ether oxygens (including phenoxy) is 2. The maximum atomic E-state index is 13.3. The van der Waals surface area contributed by atoms with E-state index >= 15 is 0 Å². The third-order valence-corrected chi connectivity index (χ3v) is 6.00. The summed E-state index contributed by atoms with van der Waals surface area (Å²) in [5.41, 5.74) is 2.11. The second-order valence-electron chi connectivity index (χ2n) is 8.21. The number of carbonyl (C=O) groups is 3. The highest BCUT2D eigenvalue weighted by Crippen LogP contribution is 2.43. The number of rotatable bonds is 6. The minimum atomic E-state index is -0.972. The third-order valence-electron chi connectivity index (χ3n) is 6.00. The van der Waals surface area contributed by atoms with Gasteiger partial charge in [0.15, 0.2) is 0 Å². The number of aliphatic hydroxyl groups excluding tert-OH is 1. The van der Waals surface area contributed by atoms with Crippen LogP contribution in [0.2, 0.25) is 0 Å². The quantitative estimate of drug-likeness (QED) is 0.228. The summed E-state index contributed by atoms with van der Waals surface area (Å²) in [6, 6.07) is 16.2. The van der Waals surface area contributed by atoms with Gasteiger partial charge in [0.05, 0.1) is 30.9 Å². The van der Waals surface area contributed by atoms with E-state index in [-0.39, 0.29) is 23.7 Å². The minimum Gasteiger partial charge on any atom is -0.508 e. The molecule has 1 heterocycles. The van der Waals surface area contributed by atoms with Crippen molar-refractivity contribution in [1.82, 2.24) is 0 Å². The number of ketones is 1. The van der Waals surface area contributed by atoms with Crippen molar-refractivity contribution < 1.29 is 34.1 Å². The fourth-order valence-electron chi connectivity index (χ4n) is 4.22. The highest BCUT2D eigenvalue weighted by Gasteiger charge is 2.47. The molecule has 2 N–H and O–H groups in total. The second-order valence-corrected chi connectivity index (χ2v) is 8.21. The third kappa shape index (κ3) is 4.40. The highest BCUT2D eigenvalue weighted by atomic mass is 16.5. The number of hydrogen-bond donors (Lipinski definition) is 2. The zero-order valence-corrected chi connectivity index (χ0v) is 20.0. The van der Waals surface area contributed by atoms with Crippen LogP contribution in [-0.2, 0) is 14.3 Å². The van der Waals surface area contributed by atoms with E-state index in [1.165, 1.54) is 36.3 Å². The van der Waals surface area contributed by atoms with Gasteiger partial charge in [-0.15, -0.1) is 0 Å². The van der Waals surface area contributed by atoms with E-state index in [9.17, 15) is 24.6 Å². The molecule has 0 aromatic heterocycles. The first-order valence-corrected chi connectivity index (χ1v) is 11.3. The number of anilines is 1. The summed E-state index contributed by atoms with van der Waals surface area (Å²) in [7, 11) is 1.53. The predicted octanol–water partition coefficient (Wildman–Crippen LogP) is 4.51. The molecule has 0 aliphatic carbocycles. The van der Waals surface area contributed by atoms with Crippen molar-refractivity contribution in [2.24, 2.45) is 0 Å². The van der Waals surface area contributed by atoms with E-state index in [4.69, 9.17) is 9.47 Å². The van der Waals surface area contributed by atoms with Gasteiger partial charge in [0.2, 0.25) is 0 Å². The Bertz CT molecular complexity index is 1360. The number of esters is 1. The maximum absolute atomic E-state index is 13.3. The average Bonchev–Trinajstić information content (AvgIpc) is 3.14. The number of phenolic OH excluding ortho intramolecular Hbond substituents is 1. The molecule has 1 aliphatic heterocycles. The molecule has 1 amide bonds. The molecule has 4 rings (SSSR count). The number of phenols is 1. The van der Waals surface area contributed by atoms with Crippen molar-refractivity contribution in [3.05, 3.63) is 94.6 Å². The number of methoxy groups -OCH3 is 1. The number of Topliss-reactive ketones (excluding diaryl/α,β-unsaturated/α-hetero) is 1. The van der Waals surface area contributed by atoms with Crippen LogP contribution >= 0.6 is 0 Å². The first kappa shape index (κ1) is 24.5. The summed E-state index contributed by atoms with van der Waals surface area (Å²) in [5.74, 6) is -1.91. The van der Waals surface area contributed by atoms with Gasteiger partial charge in [0.25, 0.3) is 11.7 Å². The van der Waals surface area contributed by atoms with Gasteiger partial charge in [-0.2, -0.15) is 0 Å². The molecule has 3 aromatic carbocycles. The summed E-state index contributed by atoms with van der Waals surface area (Å²) in [6.07, 6.45) is 0. The van der Waals surface area contributed by atoms with E-state index < -0.39 is 23.7 Å². The molecule has 0 spiro atoms. The summed E-state index contributed by atoms with van der Waals surface area (Å²) in [4.78, 5) is 39.9. The van der Waals surface area contributed by atoms with Gasteiger partial charge < -0.3 is 19.7 Å². The van der Waals surface area contributed by atoms with E-state index in [1.807, 2.05) is 0 Å². The monoisotopic (exact) mass is 487 g/mol. The number of hydrogen-bond acceptors (Lipinski definition) is 7. The van der Waals surface area contributed by atoms with Gasteiger partial charge in [-0.3, -0.25) is 14.5 Å². The van der Waals surface area contributed by atoms with Crippen molar-refractivity contribution in [2.45, 2.75) is 19.9 Å². The van der Waals surface area contributed by atoms with Crippen LogP contribution in [-0.4, -0.2) is 41.6 Å². The van der Waals surface area contributed by atoms with Crippen molar-refractivity contribution >= 4 is 29.1 Å². The van der Waals surface area contributed by atoms with Crippen molar-refractivity contribution in [1.29, 1.82) is 0 Å². The lowest BCUT2D eigenvalue weighted by molar-refractivity contribution is -0.132. The number of amides is 1. The highest BCUT2D eigenvalue weighted by molar-refractivity contribution is 6.51. The summed E-state index contributed by atoms with van der Waals surface area (Å²) in [6.45, 7) is 3.69. The van der Waals surface area contributed by atoms with Crippen molar-refractivity contribution in [3.63, 3.8) is 0 Å².